The molecule has 3 rings (SSSR count). The van der Waals surface area contributed by atoms with E-state index in [0.717, 1.165) is 51.2 Å². The molecule has 0 spiro atoms. The summed E-state index contributed by atoms with van der Waals surface area (Å²) >= 11 is 1.89. The Morgan fingerprint density at radius 2 is 2.09 bits per heavy atom. The van der Waals surface area contributed by atoms with E-state index >= 15 is 0 Å². The van der Waals surface area contributed by atoms with Crippen LogP contribution in [0.5, 0.6) is 0 Å². The fourth-order valence-corrected chi connectivity index (χ4v) is 4.56. The number of nitrogens with zero attached hydrogens (tertiary/aromatic N) is 1. The third-order valence-electron chi connectivity index (χ3n) is 4.99. The Labute approximate surface area is 143 Å². The highest BCUT2D eigenvalue weighted by Gasteiger charge is 2.43. The van der Waals surface area contributed by atoms with Crippen LogP contribution in [0.25, 0.3) is 0 Å². The van der Waals surface area contributed by atoms with Crippen molar-refractivity contribution in [2.75, 3.05) is 39.0 Å². The van der Waals surface area contributed by atoms with E-state index in [9.17, 15) is 4.79 Å². The van der Waals surface area contributed by atoms with Gasteiger partial charge in [-0.25, -0.2) is 0 Å². The molecule has 0 bridgehead atoms. The van der Waals surface area contributed by atoms with Crippen molar-refractivity contribution in [2.24, 2.45) is 5.92 Å². The molecule has 0 radical (unpaired) electrons. The van der Waals surface area contributed by atoms with Crippen LogP contribution in [0.4, 0.5) is 0 Å². The van der Waals surface area contributed by atoms with Crippen LogP contribution in [0.3, 0.4) is 0 Å². The number of amides is 1. The molecule has 23 heavy (non-hydrogen) atoms. The molecular weight excluding hydrogens is 308 g/mol. The molecule has 1 aromatic rings. The van der Waals surface area contributed by atoms with E-state index in [1.165, 1.54) is 4.90 Å². The summed E-state index contributed by atoms with van der Waals surface area (Å²) in [6.07, 6.45) is 2.66. The number of carbonyl (C=O) groups excluding carboxylic acids is 1. The van der Waals surface area contributed by atoms with E-state index in [1.807, 2.05) is 22.7 Å². The predicted octanol–water partition coefficient (Wildman–Crippen LogP) is 2.40. The van der Waals surface area contributed by atoms with Crippen LogP contribution in [0.1, 0.15) is 19.3 Å². The fourth-order valence-electron chi connectivity index (χ4n) is 3.51. The van der Waals surface area contributed by atoms with Gasteiger partial charge in [-0.3, -0.25) is 4.79 Å². The molecule has 0 aromatic heterocycles. The lowest BCUT2D eigenvalue weighted by atomic mass is 9.90. The highest BCUT2D eigenvalue weighted by Crippen LogP contribution is 2.30. The quantitative estimate of drug-likeness (QED) is 0.840. The van der Waals surface area contributed by atoms with E-state index < -0.39 is 5.60 Å². The SMILES string of the molecule is COC1(C(=O)N2CCC(CSc3ccccc3)C2)CCNCC1. The van der Waals surface area contributed by atoms with Crippen LogP contribution in [-0.4, -0.2) is 55.4 Å². The molecule has 1 atom stereocenters. The van der Waals surface area contributed by atoms with Gasteiger partial charge in [0, 0.05) is 30.8 Å². The van der Waals surface area contributed by atoms with Crippen molar-refractivity contribution in [3.8, 4) is 0 Å². The number of piperidine rings is 1. The summed E-state index contributed by atoms with van der Waals surface area (Å²) in [4.78, 5) is 16.3. The minimum Gasteiger partial charge on any atom is -0.368 e. The zero-order valence-corrected chi connectivity index (χ0v) is 14.6. The Hall–Kier alpha value is -1.04. The Morgan fingerprint density at radius 1 is 1.35 bits per heavy atom. The maximum atomic E-state index is 12.9. The predicted molar refractivity (Wildman–Crippen MR) is 93.7 cm³/mol. The number of thioether (sulfide) groups is 1. The second-order valence-corrected chi connectivity index (χ2v) is 7.57. The van der Waals surface area contributed by atoms with Crippen LogP contribution < -0.4 is 5.32 Å². The van der Waals surface area contributed by atoms with Gasteiger partial charge in [0.25, 0.3) is 5.91 Å². The fraction of sp³-hybridized carbons (Fsp3) is 0.611. The smallest absolute Gasteiger partial charge is 0.254 e. The minimum atomic E-state index is -0.591. The number of benzene rings is 1. The molecule has 2 fully saturated rings. The first-order valence-corrected chi connectivity index (χ1v) is 9.45. The number of hydrogen-bond acceptors (Lipinski definition) is 4. The van der Waals surface area contributed by atoms with Crippen LogP contribution in [0.15, 0.2) is 35.2 Å². The second kappa shape index (κ2) is 7.69. The Kier molecular flexibility index (Phi) is 5.62. The first-order chi connectivity index (χ1) is 11.2. The van der Waals surface area contributed by atoms with Crippen molar-refractivity contribution >= 4 is 17.7 Å². The van der Waals surface area contributed by atoms with Gasteiger partial charge in [-0.2, -0.15) is 0 Å². The number of carbonyl (C=O) groups is 1. The van der Waals surface area contributed by atoms with Crippen LogP contribution in [-0.2, 0) is 9.53 Å². The Bertz CT molecular complexity index is 517. The minimum absolute atomic E-state index is 0.203. The molecule has 1 unspecified atom stereocenters. The van der Waals surface area contributed by atoms with Crippen LogP contribution >= 0.6 is 11.8 Å². The van der Waals surface area contributed by atoms with Gasteiger partial charge in [0.1, 0.15) is 5.60 Å². The van der Waals surface area contributed by atoms with E-state index in [4.69, 9.17) is 4.74 Å². The number of hydrogen-bond donors (Lipinski definition) is 1. The van der Waals surface area contributed by atoms with Gasteiger partial charge >= 0.3 is 0 Å². The third kappa shape index (κ3) is 3.90. The van der Waals surface area contributed by atoms with E-state index in [0.29, 0.717) is 5.92 Å². The zero-order chi connectivity index (χ0) is 16.1. The molecular formula is C18H26N2O2S. The maximum absolute atomic E-state index is 12.9. The average Bonchev–Trinajstić information content (AvgIpc) is 3.09. The van der Waals surface area contributed by atoms with Crippen molar-refractivity contribution < 1.29 is 9.53 Å². The summed E-state index contributed by atoms with van der Waals surface area (Å²) in [7, 11) is 1.68. The lowest BCUT2D eigenvalue weighted by Crippen LogP contribution is -2.54. The molecule has 1 amide bonds. The number of rotatable bonds is 5. The largest absolute Gasteiger partial charge is 0.368 e. The van der Waals surface area contributed by atoms with Gasteiger partial charge in [0.05, 0.1) is 0 Å². The molecule has 5 heteroatoms. The molecule has 0 aliphatic carbocycles. The highest BCUT2D eigenvalue weighted by atomic mass is 32.2. The summed E-state index contributed by atoms with van der Waals surface area (Å²) < 4.78 is 5.68. The second-order valence-electron chi connectivity index (χ2n) is 6.48. The van der Waals surface area contributed by atoms with Gasteiger partial charge in [0.15, 0.2) is 0 Å². The van der Waals surface area contributed by atoms with Gasteiger partial charge in [-0.05, 0) is 50.4 Å². The zero-order valence-electron chi connectivity index (χ0n) is 13.8. The van der Waals surface area contributed by atoms with Crippen LogP contribution in [0.2, 0.25) is 0 Å². The monoisotopic (exact) mass is 334 g/mol. The summed E-state index contributed by atoms with van der Waals surface area (Å²) in [5.74, 6) is 1.86. The molecule has 0 saturated carbocycles. The lowest BCUT2D eigenvalue weighted by Gasteiger charge is -2.37. The van der Waals surface area contributed by atoms with E-state index in [1.54, 1.807) is 7.11 Å². The van der Waals surface area contributed by atoms with E-state index in [2.05, 4.69) is 29.6 Å². The summed E-state index contributed by atoms with van der Waals surface area (Å²) in [5, 5.41) is 3.31. The number of ether oxygens (including phenoxy) is 1. The van der Waals surface area contributed by atoms with Crippen molar-refractivity contribution in [1.82, 2.24) is 10.2 Å². The first-order valence-electron chi connectivity index (χ1n) is 8.47. The molecule has 2 aliphatic heterocycles. The molecule has 1 N–H and O–H groups in total. The molecule has 2 heterocycles. The number of likely N-dealkylation sites (tertiary alicyclic amines) is 1. The number of nitrogens with one attached hydrogen (secondary N) is 1. The van der Waals surface area contributed by atoms with Gasteiger partial charge in [-0.1, -0.05) is 18.2 Å². The summed E-state index contributed by atoms with van der Waals surface area (Å²) in [5.41, 5.74) is -0.591. The first kappa shape index (κ1) is 16.8. The third-order valence-corrected chi connectivity index (χ3v) is 6.24. The van der Waals surface area contributed by atoms with Gasteiger partial charge in [-0.15, -0.1) is 11.8 Å². The highest BCUT2D eigenvalue weighted by molar-refractivity contribution is 7.99. The molecule has 4 nitrogen and oxygen atoms in total. The molecule has 1 aromatic carbocycles. The molecule has 126 valence electrons. The van der Waals surface area contributed by atoms with Crippen molar-refractivity contribution in [1.29, 1.82) is 0 Å². The molecule has 2 aliphatic rings. The van der Waals surface area contributed by atoms with Crippen molar-refractivity contribution in [2.45, 2.75) is 29.8 Å². The summed E-state index contributed by atoms with van der Waals surface area (Å²) in [6, 6.07) is 10.5. The van der Waals surface area contributed by atoms with Gasteiger partial charge < -0.3 is 15.0 Å². The summed E-state index contributed by atoms with van der Waals surface area (Å²) in [6.45, 7) is 3.47. The van der Waals surface area contributed by atoms with Crippen molar-refractivity contribution in [3.05, 3.63) is 30.3 Å². The lowest BCUT2D eigenvalue weighted by molar-refractivity contribution is -0.157. The van der Waals surface area contributed by atoms with Crippen LogP contribution in [0, 0.1) is 5.92 Å². The van der Waals surface area contributed by atoms with Crippen molar-refractivity contribution in [3.63, 3.8) is 0 Å². The Balaban J connectivity index is 1.53. The maximum Gasteiger partial charge on any atom is 0.254 e. The topological polar surface area (TPSA) is 41.6 Å². The van der Waals surface area contributed by atoms with E-state index in [-0.39, 0.29) is 5.91 Å². The standard InChI is InChI=1S/C18H26N2O2S/c1-22-18(8-10-19-11-9-18)17(21)20-12-7-15(13-20)14-23-16-5-3-2-4-6-16/h2-6,15,19H,7-14H2,1H3. The molecule has 2 saturated heterocycles. The normalized spacial score (nSPS) is 23.9. The van der Waals surface area contributed by atoms with Gasteiger partial charge in [0.2, 0.25) is 0 Å². The number of methoxy groups -OCH3 is 1. The average molecular weight is 334 g/mol. The Morgan fingerprint density at radius 3 is 2.78 bits per heavy atom.